The topological polar surface area (TPSA) is 65.2 Å². The van der Waals surface area contributed by atoms with Crippen LogP contribution in [0.4, 0.5) is 11.5 Å². The summed E-state index contributed by atoms with van der Waals surface area (Å²) in [4.78, 5) is 30.6. The quantitative estimate of drug-likeness (QED) is 0.622. The van der Waals surface area contributed by atoms with Crippen LogP contribution in [0.15, 0.2) is 29.1 Å². The van der Waals surface area contributed by atoms with Crippen LogP contribution in [0.1, 0.15) is 42.4 Å². The molecule has 0 atom stereocenters. The molecule has 6 heteroatoms. The number of halogens is 1. The van der Waals surface area contributed by atoms with E-state index in [-0.39, 0.29) is 11.5 Å². The second-order valence-electron chi connectivity index (χ2n) is 7.91. The molecule has 2 aliphatic heterocycles. The van der Waals surface area contributed by atoms with Crippen LogP contribution in [0.5, 0.6) is 0 Å². The van der Waals surface area contributed by atoms with Crippen molar-refractivity contribution in [1.29, 1.82) is 0 Å². The summed E-state index contributed by atoms with van der Waals surface area (Å²) in [6.07, 6.45) is 5.70. The molecule has 0 bridgehead atoms. The summed E-state index contributed by atoms with van der Waals surface area (Å²) in [5.74, 6) is 1.04. The van der Waals surface area contributed by atoms with Crippen molar-refractivity contribution in [2.24, 2.45) is 0 Å². The largest absolute Gasteiger partial charge is 0.358 e. The molecule has 2 N–H and O–H groups in total. The number of rotatable bonds is 1. The summed E-state index contributed by atoms with van der Waals surface area (Å²) in [6, 6.07) is 8.40. The molecule has 1 aliphatic carbocycles. The average molecular weight is 475 g/mol. The predicted octanol–water partition coefficient (Wildman–Crippen LogP) is 3.35. The number of carbonyl (C=O) groups is 1. The van der Waals surface area contributed by atoms with Crippen molar-refractivity contribution < 1.29 is 4.79 Å². The van der Waals surface area contributed by atoms with Crippen LogP contribution >= 0.6 is 22.6 Å². The van der Waals surface area contributed by atoms with Crippen molar-refractivity contribution in [2.45, 2.75) is 43.9 Å². The molecule has 1 aromatic carbocycles. The van der Waals surface area contributed by atoms with Gasteiger partial charge in [0, 0.05) is 27.9 Å². The van der Waals surface area contributed by atoms with E-state index in [0.717, 1.165) is 77.8 Å². The van der Waals surface area contributed by atoms with E-state index >= 15 is 0 Å². The van der Waals surface area contributed by atoms with Crippen LogP contribution in [-0.4, -0.2) is 24.0 Å². The van der Waals surface area contributed by atoms with Gasteiger partial charge in [-0.3, -0.25) is 9.59 Å². The number of fused-ring (bicyclic) bond motifs is 3. The number of carbonyl (C=O) groups excluding carboxylic acids is 1. The van der Waals surface area contributed by atoms with Crippen molar-refractivity contribution >= 4 is 40.0 Å². The Kier molecular flexibility index (Phi) is 4.07. The number of benzene rings is 1. The fourth-order valence-corrected chi connectivity index (χ4v) is 5.43. The maximum absolute atomic E-state index is 12.8. The van der Waals surface area contributed by atoms with Crippen molar-refractivity contribution in [3.05, 3.63) is 54.9 Å². The minimum absolute atomic E-state index is 0.0704. The maximum atomic E-state index is 12.8. The van der Waals surface area contributed by atoms with Crippen LogP contribution in [0, 0.1) is 3.57 Å². The fourth-order valence-electron chi connectivity index (χ4n) is 4.94. The zero-order chi connectivity index (χ0) is 18.6. The van der Waals surface area contributed by atoms with E-state index in [9.17, 15) is 9.59 Å². The number of aromatic amines is 1. The van der Waals surface area contributed by atoms with E-state index in [1.165, 1.54) is 5.56 Å². The first-order valence-corrected chi connectivity index (χ1v) is 10.8. The molecular weight excluding hydrogens is 453 g/mol. The van der Waals surface area contributed by atoms with Crippen molar-refractivity contribution in [3.63, 3.8) is 0 Å². The van der Waals surface area contributed by atoms with E-state index in [0.29, 0.717) is 0 Å². The Balaban J connectivity index is 1.42. The van der Waals surface area contributed by atoms with Gasteiger partial charge in [-0.05, 0) is 90.4 Å². The minimum atomic E-state index is -0.426. The molecule has 0 radical (unpaired) electrons. The molecule has 140 valence electrons. The molecule has 27 heavy (non-hydrogen) atoms. The van der Waals surface area contributed by atoms with Gasteiger partial charge in [-0.15, -0.1) is 0 Å². The molecule has 1 aromatic heterocycles. The van der Waals surface area contributed by atoms with Gasteiger partial charge in [0.05, 0.1) is 5.41 Å². The smallest absolute Gasteiger partial charge is 0.252 e. The number of anilines is 2. The predicted molar refractivity (Wildman–Crippen MR) is 115 cm³/mol. The third kappa shape index (κ3) is 2.71. The molecule has 0 unspecified atom stereocenters. The number of amides is 1. The number of H-pyrrole nitrogens is 1. The number of aryl methyl sites for hydroxylation is 1. The molecule has 5 nitrogen and oxygen atoms in total. The highest BCUT2D eigenvalue weighted by Gasteiger charge is 2.48. The number of hydrogen-bond acceptors (Lipinski definition) is 3. The fraction of sp³-hybridized carbons (Fsp3) is 0.429. The van der Waals surface area contributed by atoms with Gasteiger partial charge in [0.25, 0.3) is 5.56 Å². The van der Waals surface area contributed by atoms with Crippen LogP contribution in [0.3, 0.4) is 0 Å². The van der Waals surface area contributed by atoms with Crippen molar-refractivity contribution in [3.8, 4) is 0 Å². The standard InChI is InChI=1S/C21H22IN3O2/c22-14-5-6-16-17(12-14)23-20(27)21(16)7-9-25(10-8-21)18-11-13-3-1-2-4-15(13)19(26)24-18/h5-6,11-12H,1-4,7-10H2,(H,23,27)(H,24,26). The second kappa shape index (κ2) is 6.36. The Morgan fingerprint density at radius 3 is 2.63 bits per heavy atom. The number of pyridine rings is 1. The molecule has 1 amide bonds. The van der Waals surface area contributed by atoms with Gasteiger partial charge in [-0.2, -0.15) is 0 Å². The maximum Gasteiger partial charge on any atom is 0.252 e. The Bertz CT molecular complexity index is 989. The SMILES string of the molecule is O=C1Nc2cc(I)ccc2C12CCN(c1cc3c(c(=O)[nH]1)CCCC3)CC2. The third-order valence-electron chi connectivity index (χ3n) is 6.47. The molecule has 3 aliphatic rings. The van der Waals surface area contributed by atoms with Crippen molar-refractivity contribution in [1.82, 2.24) is 4.98 Å². The summed E-state index contributed by atoms with van der Waals surface area (Å²) in [5, 5.41) is 3.08. The zero-order valence-corrected chi connectivity index (χ0v) is 17.3. The van der Waals surface area contributed by atoms with Gasteiger partial charge in [-0.25, -0.2) is 0 Å². The highest BCUT2D eigenvalue weighted by Crippen LogP contribution is 2.45. The van der Waals surface area contributed by atoms with Crippen LogP contribution in [0.2, 0.25) is 0 Å². The molecular formula is C21H22IN3O2. The lowest BCUT2D eigenvalue weighted by molar-refractivity contribution is -0.121. The monoisotopic (exact) mass is 475 g/mol. The second-order valence-corrected chi connectivity index (χ2v) is 9.15. The van der Waals surface area contributed by atoms with E-state index in [2.05, 4.69) is 62.1 Å². The molecule has 1 fully saturated rings. The van der Waals surface area contributed by atoms with Gasteiger partial charge in [0.2, 0.25) is 5.91 Å². The molecule has 3 heterocycles. The summed E-state index contributed by atoms with van der Waals surface area (Å²) >= 11 is 2.28. The van der Waals surface area contributed by atoms with Gasteiger partial charge in [0.15, 0.2) is 0 Å². The Hall–Kier alpha value is -1.83. The van der Waals surface area contributed by atoms with Crippen LogP contribution in [0.25, 0.3) is 0 Å². The number of aromatic nitrogens is 1. The molecule has 1 spiro atoms. The summed E-state index contributed by atoms with van der Waals surface area (Å²) in [7, 11) is 0. The van der Waals surface area contributed by atoms with E-state index in [1.807, 2.05) is 0 Å². The first-order valence-electron chi connectivity index (χ1n) is 9.68. The van der Waals surface area contributed by atoms with Gasteiger partial charge >= 0.3 is 0 Å². The third-order valence-corrected chi connectivity index (χ3v) is 7.15. The van der Waals surface area contributed by atoms with Crippen LogP contribution < -0.4 is 15.8 Å². The Morgan fingerprint density at radius 2 is 1.81 bits per heavy atom. The Morgan fingerprint density at radius 1 is 1.04 bits per heavy atom. The molecule has 2 aromatic rings. The molecule has 1 saturated heterocycles. The lowest BCUT2D eigenvalue weighted by Gasteiger charge is -2.39. The lowest BCUT2D eigenvalue weighted by Crippen LogP contribution is -2.47. The minimum Gasteiger partial charge on any atom is -0.358 e. The first-order chi connectivity index (χ1) is 13.1. The number of hydrogen-bond donors (Lipinski definition) is 2. The molecule has 5 rings (SSSR count). The van der Waals surface area contributed by atoms with E-state index in [1.54, 1.807) is 0 Å². The van der Waals surface area contributed by atoms with Crippen molar-refractivity contribution in [2.75, 3.05) is 23.3 Å². The molecule has 0 saturated carbocycles. The first kappa shape index (κ1) is 17.3. The lowest BCUT2D eigenvalue weighted by atomic mass is 9.73. The summed E-state index contributed by atoms with van der Waals surface area (Å²) in [6.45, 7) is 1.54. The highest BCUT2D eigenvalue weighted by molar-refractivity contribution is 14.1. The number of nitrogens with zero attached hydrogens (tertiary/aromatic N) is 1. The van der Waals surface area contributed by atoms with Crippen LogP contribution in [-0.2, 0) is 23.1 Å². The summed E-state index contributed by atoms with van der Waals surface area (Å²) in [5.41, 5.74) is 3.91. The van der Waals surface area contributed by atoms with E-state index in [4.69, 9.17) is 0 Å². The number of piperidine rings is 1. The average Bonchev–Trinajstić information content (AvgIpc) is 2.93. The van der Waals surface area contributed by atoms with Gasteiger partial charge in [0.1, 0.15) is 5.82 Å². The summed E-state index contributed by atoms with van der Waals surface area (Å²) < 4.78 is 1.13. The highest BCUT2D eigenvalue weighted by atomic mass is 127. The normalized spacial score (nSPS) is 20.3. The van der Waals surface area contributed by atoms with E-state index < -0.39 is 5.41 Å². The van der Waals surface area contributed by atoms with Gasteiger partial charge in [-0.1, -0.05) is 6.07 Å². The zero-order valence-electron chi connectivity index (χ0n) is 15.1. The Labute approximate surface area is 171 Å². The number of nitrogens with one attached hydrogen (secondary N) is 2. The van der Waals surface area contributed by atoms with Gasteiger partial charge < -0.3 is 15.2 Å².